The van der Waals surface area contributed by atoms with Gasteiger partial charge in [-0.3, -0.25) is 0 Å². The summed E-state index contributed by atoms with van der Waals surface area (Å²) in [5.74, 6) is 0. The van der Waals surface area contributed by atoms with Crippen LogP contribution in [0.5, 0.6) is 0 Å². The van der Waals surface area contributed by atoms with Crippen LogP contribution in [0.15, 0.2) is 0 Å². The van der Waals surface area contributed by atoms with Crippen molar-refractivity contribution >= 4 is 0 Å². The van der Waals surface area contributed by atoms with Gasteiger partial charge in [0.25, 0.3) is 0 Å². The van der Waals surface area contributed by atoms with Crippen LogP contribution in [-0.4, -0.2) is 48.8 Å². The molecule has 1 fully saturated rings. The van der Waals surface area contributed by atoms with Crippen molar-refractivity contribution in [2.75, 3.05) is 27.3 Å². The third kappa shape index (κ3) is 1.64. The molecule has 12 heavy (non-hydrogen) atoms. The number of nitrogens with zero attached hydrogens (tertiary/aromatic N) is 2. The van der Waals surface area contributed by atoms with Gasteiger partial charge in [0, 0.05) is 6.54 Å². The third-order valence-electron chi connectivity index (χ3n) is 3.43. The van der Waals surface area contributed by atoms with E-state index in [9.17, 15) is 0 Å². The van der Waals surface area contributed by atoms with Gasteiger partial charge >= 0.3 is 0 Å². The summed E-state index contributed by atoms with van der Waals surface area (Å²) < 4.78 is 1.15. The first-order valence-corrected chi connectivity index (χ1v) is 5.05. The Kier molecular flexibility index (Phi) is 2.79. The van der Waals surface area contributed by atoms with Crippen LogP contribution >= 0.6 is 0 Å². The fraction of sp³-hybridized carbons (Fsp3) is 1.00. The van der Waals surface area contributed by atoms with Gasteiger partial charge in [0.15, 0.2) is 0 Å². The highest BCUT2D eigenvalue weighted by Crippen LogP contribution is 2.24. The molecule has 0 amide bonds. The maximum atomic E-state index is 2.60. The van der Waals surface area contributed by atoms with Gasteiger partial charge in [-0.15, -0.1) is 0 Å². The molecule has 1 saturated heterocycles. The predicted octanol–water partition coefficient (Wildman–Crippen LogP) is 1.52. The molecule has 0 saturated carbocycles. The van der Waals surface area contributed by atoms with Gasteiger partial charge in [-0.25, -0.2) is 4.90 Å². The largest absolute Gasteiger partial charge is 0.312 e. The summed E-state index contributed by atoms with van der Waals surface area (Å²) >= 11 is 0. The van der Waals surface area contributed by atoms with E-state index < -0.39 is 0 Å². The second-order valence-electron chi connectivity index (χ2n) is 4.71. The Morgan fingerprint density at radius 1 is 1.33 bits per heavy atom. The first-order chi connectivity index (χ1) is 5.49. The monoisotopic (exact) mass is 171 g/mol. The Hall–Kier alpha value is -0.0800. The maximum Gasteiger partial charge on any atom is 0.135 e. The highest BCUT2D eigenvalue weighted by molar-refractivity contribution is 4.77. The molecule has 0 aliphatic carbocycles. The van der Waals surface area contributed by atoms with E-state index in [1.54, 1.807) is 0 Å². The minimum atomic E-state index is 0.750. The molecular weight excluding hydrogens is 148 g/mol. The Morgan fingerprint density at radius 2 is 1.92 bits per heavy atom. The number of hydrogen-bond acceptors (Lipinski definition) is 1. The van der Waals surface area contributed by atoms with Crippen LogP contribution in [-0.2, 0) is 0 Å². The summed E-state index contributed by atoms with van der Waals surface area (Å²) in [5.41, 5.74) is 0. The van der Waals surface area contributed by atoms with Crippen LogP contribution in [0.1, 0.15) is 27.2 Å². The van der Waals surface area contributed by atoms with Crippen LogP contribution in [0.2, 0.25) is 0 Å². The smallest absolute Gasteiger partial charge is 0.135 e. The highest BCUT2D eigenvalue weighted by atomic mass is 15.5. The van der Waals surface area contributed by atoms with Crippen molar-refractivity contribution in [3.05, 3.63) is 0 Å². The van der Waals surface area contributed by atoms with Crippen LogP contribution in [0.3, 0.4) is 0 Å². The third-order valence-corrected chi connectivity index (χ3v) is 3.43. The molecule has 2 nitrogen and oxygen atoms in total. The van der Waals surface area contributed by atoms with Gasteiger partial charge in [-0.05, 0) is 20.3 Å². The molecule has 0 spiro atoms. The van der Waals surface area contributed by atoms with Gasteiger partial charge in [0.05, 0.1) is 20.1 Å². The van der Waals surface area contributed by atoms with E-state index in [4.69, 9.17) is 0 Å². The second-order valence-corrected chi connectivity index (χ2v) is 4.71. The van der Waals surface area contributed by atoms with E-state index in [1.807, 2.05) is 0 Å². The second kappa shape index (κ2) is 3.35. The summed E-state index contributed by atoms with van der Waals surface area (Å²) in [6, 6.07) is 1.52. The van der Waals surface area contributed by atoms with Crippen molar-refractivity contribution in [1.29, 1.82) is 0 Å². The molecule has 0 radical (unpaired) electrons. The van der Waals surface area contributed by atoms with Gasteiger partial charge in [-0.1, -0.05) is 6.92 Å². The summed E-state index contributed by atoms with van der Waals surface area (Å²) in [5, 5.41) is 0. The lowest BCUT2D eigenvalue weighted by atomic mass is 10.1. The number of likely N-dealkylation sites (N-methyl/N-ethyl adjacent to an activating group) is 1. The Morgan fingerprint density at radius 3 is 2.25 bits per heavy atom. The Balaban J connectivity index is 2.61. The topological polar surface area (TPSA) is 3.24 Å². The lowest BCUT2D eigenvalue weighted by Crippen LogP contribution is -2.44. The molecule has 0 bridgehead atoms. The molecule has 1 aliphatic rings. The van der Waals surface area contributed by atoms with Crippen molar-refractivity contribution in [3.8, 4) is 0 Å². The molecule has 0 aromatic rings. The van der Waals surface area contributed by atoms with Gasteiger partial charge < -0.3 is 4.48 Å². The zero-order valence-electron chi connectivity index (χ0n) is 9.17. The summed E-state index contributed by atoms with van der Waals surface area (Å²) in [4.78, 5) is 2.60. The van der Waals surface area contributed by atoms with E-state index in [0.717, 1.165) is 16.6 Å². The van der Waals surface area contributed by atoms with Crippen molar-refractivity contribution in [2.24, 2.45) is 0 Å². The van der Waals surface area contributed by atoms with Crippen LogP contribution in [0.4, 0.5) is 0 Å². The molecule has 1 heterocycles. The van der Waals surface area contributed by atoms with Gasteiger partial charge in [-0.2, -0.15) is 0 Å². The number of hydrogen-bond donors (Lipinski definition) is 0. The minimum Gasteiger partial charge on any atom is -0.312 e. The fourth-order valence-electron chi connectivity index (χ4n) is 2.18. The average molecular weight is 171 g/mol. The normalized spacial score (nSPS) is 35.8. The molecule has 1 rings (SSSR count). The average Bonchev–Trinajstić information content (AvgIpc) is 2.16. The first-order valence-electron chi connectivity index (χ1n) is 5.05. The van der Waals surface area contributed by atoms with Crippen LogP contribution < -0.4 is 0 Å². The molecule has 0 aromatic heterocycles. The Labute approximate surface area is 76.7 Å². The fourth-order valence-corrected chi connectivity index (χ4v) is 2.18. The van der Waals surface area contributed by atoms with E-state index in [-0.39, 0.29) is 0 Å². The molecular formula is C10H23N2+. The first kappa shape index (κ1) is 10.0. The quantitative estimate of drug-likeness (QED) is 0.569. The molecule has 0 N–H and O–H groups in total. The summed E-state index contributed by atoms with van der Waals surface area (Å²) in [6.07, 6.45) is 1.27. The van der Waals surface area contributed by atoms with Crippen LogP contribution in [0.25, 0.3) is 0 Å². The van der Waals surface area contributed by atoms with Crippen molar-refractivity contribution in [3.63, 3.8) is 0 Å². The zero-order chi connectivity index (χ0) is 9.35. The van der Waals surface area contributed by atoms with Crippen LogP contribution in [0, 0.1) is 0 Å². The molecule has 2 unspecified atom stereocenters. The van der Waals surface area contributed by atoms with E-state index >= 15 is 0 Å². The summed E-state index contributed by atoms with van der Waals surface area (Å²) in [6.45, 7) is 9.45. The molecule has 2 atom stereocenters. The van der Waals surface area contributed by atoms with E-state index in [1.165, 1.54) is 19.6 Å². The van der Waals surface area contributed by atoms with Gasteiger partial charge in [0.1, 0.15) is 12.7 Å². The standard InChI is InChI=1S/C10H23N2/c1-6-7-11-8-12(4,5)10(3)9(11)2/h9-10H,6-8H2,1-5H3/q+1. The van der Waals surface area contributed by atoms with Crippen molar-refractivity contribution < 1.29 is 4.48 Å². The molecule has 1 aliphatic heterocycles. The van der Waals surface area contributed by atoms with E-state index in [0.29, 0.717) is 0 Å². The minimum absolute atomic E-state index is 0.750. The van der Waals surface area contributed by atoms with Crippen molar-refractivity contribution in [2.45, 2.75) is 39.3 Å². The highest BCUT2D eigenvalue weighted by Gasteiger charge is 2.41. The predicted molar refractivity (Wildman–Crippen MR) is 52.9 cm³/mol. The maximum absolute atomic E-state index is 2.60. The summed E-state index contributed by atoms with van der Waals surface area (Å²) in [7, 11) is 4.66. The number of rotatable bonds is 2. The molecule has 72 valence electrons. The van der Waals surface area contributed by atoms with E-state index in [2.05, 4.69) is 39.8 Å². The molecule has 0 aromatic carbocycles. The Bertz CT molecular complexity index is 154. The molecule has 2 heteroatoms. The SMILES string of the molecule is CCCN1C[N+](C)(C)C(C)C1C. The number of quaternary nitrogens is 1. The van der Waals surface area contributed by atoms with Gasteiger partial charge in [0.2, 0.25) is 0 Å². The van der Waals surface area contributed by atoms with Crippen molar-refractivity contribution in [1.82, 2.24) is 4.90 Å². The zero-order valence-corrected chi connectivity index (χ0v) is 9.17. The lowest BCUT2D eigenvalue weighted by molar-refractivity contribution is -0.904. The lowest BCUT2D eigenvalue weighted by Gasteiger charge is -2.28.